The zero-order valence-electron chi connectivity index (χ0n) is 15.7. The number of rotatable bonds is 9. The Hall–Kier alpha value is -2.62. The lowest BCUT2D eigenvalue weighted by Gasteiger charge is -2.30. The van der Waals surface area contributed by atoms with Crippen molar-refractivity contribution in [3.8, 4) is 0 Å². The van der Waals surface area contributed by atoms with Crippen molar-refractivity contribution in [1.29, 1.82) is 0 Å². The summed E-state index contributed by atoms with van der Waals surface area (Å²) in [5.41, 5.74) is 1.98. The Morgan fingerprint density at radius 1 is 0.923 bits per heavy atom. The smallest absolute Gasteiger partial charge is 0.242 e. The second-order valence-corrected chi connectivity index (χ2v) is 6.38. The van der Waals surface area contributed by atoms with Crippen molar-refractivity contribution in [3.63, 3.8) is 0 Å². The molecule has 138 valence electrons. The van der Waals surface area contributed by atoms with Gasteiger partial charge in [0.25, 0.3) is 0 Å². The lowest BCUT2D eigenvalue weighted by Crippen LogP contribution is -2.49. The molecule has 1 atom stereocenters. The first-order chi connectivity index (χ1) is 12.7. The molecule has 4 nitrogen and oxygen atoms in total. The molecule has 0 saturated carbocycles. The number of carbonyl (C=O) groups excluding carboxylic acids is 2. The highest BCUT2D eigenvalue weighted by Gasteiger charge is 2.28. The van der Waals surface area contributed by atoms with Crippen LogP contribution in [0.5, 0.6) is 0 Å². The van der Waals surface area contributed by atoms with E-state index >= 15 is 0 Å². The predicted molar refractivity (Wildman–Crippen MR) is 105 cm³/mol. The van der Waals surface area contributed by atoms with Crippen LogP contribution in [-0.4, -0.2) is 29.3 Å². The highest BCUT2D eigenvalue weighted by atomic mass is 16.2. The molecule has 0 radical (unpaired) electrons. The van der Waals surface area contributed by atoms with Crippen LogP contribution in [0.25, 0.3) is 0 Å². The fourth-order valence-corrected chi connectivity index (χ4v) is 2.94. The molecule has 2 amide bonds. The van der Waals surface area contributed by atoms with E-state index in [2.05, 4.69) is 5.32 Å². The number of nitrogens with one attached hydrogen (secondary N) is 1. The first-order valence-corrected chi connectivity index (χ1v) is 9.30. The standard InChI is InChI=1S/C22H28N2O2/c1-3-15-23-22(26)20(4-2)24(17-19-13-9-6-10-14-19)21(25)16-18-11-7-5-8-12-18/h5-14,20H,3-4,15-17H2,1-2H3,(H,23,26)/t20-/m1/s1. The Bertz CT molecular complexity index is 686. The Morgan fingerprint density at radius 2 is 1.50 bits per heavy atom. The van der Waals surface area contributed by atoms with E-state index < -0.39 is 6.04 Å². The van der Waals surface area contributed by atoms with Crippen molar-refractivity contribution < 1.29 is 9.59 Å². The number of nitrogens with zero attached hydrogens (tertiary/aromatic N) is 1. The molecule has 0 unspecified atom stereocenters. The van der Waals surface area contributed by atoms with Gasteiger partial charge in [0, 0.05) is 13.1 Å². The molecule has 2 rings (SSSR count). The summed E-state index contributed by atoms with van der Waals surface area (Å²) in [4.78, 5) is 27.4. The van der Waals surface area contributed by atoms with Crippen LogP contribution in [0.2, 0.25) is 0 Å². The van der Waals surface area contributed by atoms with Crippen LogP contribution in [0.15, 0.2) is 60.7 Å². The summed E-state index contributed by atoms with van der Waals surface area (Å²) >= 11 is 0. The molecule has 4 heteroatoms. The van der Waals surface area contributed by atoms with Crippen LogP contribution in [0, 0.1) is 0 Å². The van der Waals surface area contributed by atoms with E-state index in [4.69, 9.17) is 0 Å². The third kappa shape index (κ3) is 5.73. The molecular formula is C22H28N2O2. The fourth-order valence-electron chi connectivity index (χ4n) is 2.94. The number of carbonyl (C=O) groups is 2. The van der Waals surface area contributed by atoms with Gasteiger partial charge in [-0.3, -0.25) is 9.59 Å². The SMILES string of the molecule is CCCNC(=O)[C@@H](CC)N(Cc1ccccc1)C(=O)Cc1ccccc1. The minimum Gasteiger partial charge on any atom is -0.354 e. The molecule has 0 aromatic heterocycles. The first kappa shape index (κ1) is 19.7. The minimum atomic E-state index is -0.460. The molecule has 1 N–H and O–H groups in total. The van der Waals surface area contributed by atoms with Crippen molar-refractivity contribution in [2.75, 3.05) is 6.54 Å². The molecule has 2 aromatic carbocycles. The lowest BCUT2D eigenvalue weighted by atomic mass is 10.1. The average molecular weight is 352 g/mol. The van der Waals surface area contributed by atoms with Crippen LogP contribution in [0.4, 0.5) is 0 Å². The number of hydrogen-bond donors (Lipinski definition) is 1. The van der Waals surface area contributed by atoms with Gasteiger partial charge in [0.1, 0.15) is 6.04 Å². The van der Waals surface area contributed by atoms with Gasteiger partial charge in [-0.15, -0.1) is 0 Å². The molecule has 26 heavy (non-hydrogen) atoms. The van der Waals surface area contributed by atoms with Crippen LogP contribution >= 0.6 is 0 Å². The summed E-state index contributed by atoms with van der Waals surface area (Å²) in [5.74, 6) is -0.106. The predicted octanol–water partition coefficient (Wildman–Crippen LogP) is 3.56. The van der Waals surface area contributed by atoms with Crippen molar-refractivity contribution in [1.82, 2.24) is 10.2 Å². The number of amides is 2. The Kier molecular flexibility index (Phi) is 7.87. The van der Waals surface area contributed by atoms with E-state index in [-0.39, 0.29) is 11.8 Å². The normalized spacial score (nSPS) is 11.6. The summed E-state index contributed by atoms with van der Waals surface area (Å²) < 4.78 is 0. The third-order valence-electron chi connectivity index (χ3n) is 4.33. The van der Waals surface area contributed by atoms with E-state index in [1.807, 2.05) is 74.5 Å². The van der Waals surface area contributed by atoms with E-state index in [0.29, 0.717) is 25.9 Å². The zero-order chi connectivity index (χ0) is 18.8. The van der Waals surface area contributed by atoms with E-state index in [9.17, 15) is 9.59 Å². The maximum atomic E-state index is 13.0. The monoisotopic (exact) mass is 352 g/mol. The molecule has 0 aliphatic carbocycles. The molecular weight excluding hydrogens is 324 g/mol. The van der Waals surface area contributed by atoms with Gasteiger partial charge >= 0.3 is 0 Å². The van der Waals surface area contributed by atoms with Gasteiger partial charge in [0.15, 0.2) is 0 Å². The van der Waals surface area contributed by atoms with Crippen LogP contribution in [0.1, 0.15) is 37.8 Å². The molecule has 0 fully saturated rings. The lowest BCUT2D eigenvalue weighted by molar-refractivity contribution is -0.140. The second-order valence-electron chi connectivity index (χ2n) is 6.38. The van der Waals surface area contributed by atoms with Gasteiger partial charge in [0.2, 0.25) is 11.8 Å². The molecule has 0 saturated heterocycles. The summed E-state index contributed by atoms with van der Waals surface area (Å²) in [5, 5.41) is 2.94. The van der Waals surface area contributed by atoms with Gasteiger partial charge in [-0.05, 0) is 24.0 Å². The van der Waals surface area contributed by atoms with Crippen molar-refractivity contribution in [3.05, 3.63) is 71.8 Å². The highest BCUT2D eigenvalue weighted by molar-refractivity contribution is 5.88. The molecule has 0 aliphatic heterocycles. The minimum absolute atomic E-state index is 0.0291. The maximum Gasteiger partial charge on any atom is 0.242 e. The van der Waals surface area contributed by atoms with Crippen LogP contribution in [0.3, 0.4) is 0 Å². The third-order valence-corrected chi connectivity index (χ3v) is 4.33. The van der Waals surface area contributed by atoms with E-state index in [0.717, 1.165) is 17.5 Å². The van der Waals surface area contributed by atoms with Gasteiger partial charge < -0.3 is 10.2 Å². The first-order valence-electron chi connectivity index (χ1n) is 9.30. The summed E-state index contributed by atoms with van der Waals surface area (Å²) in [6.45, 7) is 5.03. The van der Waals surface area contributed by atoms with Gasteiger partial charge in [-0.1, -0.05) is 74.5 Å². The fraction of sp³-hybridized carbons (Fsp3) is 0.364. The molecule has 0 bridgehead atoms. The number of hydrogen-bond acceptors (Lipinski definition) is 2. The molecule has 0 aliphatic rings. The second kappa shape index (κ2) is 10.4. The zero-order valence-corrected chi connectivity index (χ0v) is 15.7. The summed E-state index contributed by atoms with van der Waals surface area (Å²) in [6.07, 6.45) is 1.76. The van der Waals surface area contributed by atoms with Gasteiger partial charge in [-0.2, -0.15) is 0 Å². The van der Waals surface area contributed by atoms with Crippen LogP contribution < -0.4 is 5.32 Å². The van der Waals surface area contributed by atoms with Crippen molar-refractivity contribution in [2.45, 2.75) is 45.7 Å². The quantitative estimate of drug-likeness (QED) is 0.750. The van der Waals surface area contributed by atoms with Gasteiger partial charge in [-0.25, -0.2) is 0 Å². The molecule has 0 spiro atoms. The summed E-state index contributed by atoms with van der Waals surface area (Å²) in [6, 6.07) is 19.0. The van der Waals surface area contributed by atoms with E-state index in [1.165, 1.54) is 0 Å². The largest absolute Gasteiger partial charge is 0.354 e. The maximum absolute atomic E-state index is 13.0. The Balaban J connectivity index is 2.21. The van der Waals surface area contributed by atoms with E-state index in [1.54, 1.807) is 4.90 Å². The molecule has 2 aromatic rings. The number of benzene rings is 2. The Labute approximate surface area is 156 Å². The summed E-state index contributed by atoms with van der Waals surface area (Å²) in [7, 11) is 0. The van der Waals surface area contributed by atoms with Crippen molar-refractivity contribution in [2.24, 2.45) is 0 Å². The molecule has 0 heterocycles. The Morgan fingerprint density at radius 3 is 2.04 bits per heavy atom. The van der Waals surface area contributed by atoms with Gasteiger partial charge in [0.05, 0.1) is 6.42 Å². The topological polar surface area (TPSA) is 49.4 Å². The van der Waals surface area contributed by atoms with Crippen molar-refractivity contribution >= 4 is 11.8 Å². The van der Waals surface area contributed by atoms with Crippen LogP contribution in [-0.2, 0) is 22.6 Å². The average Bonchev–Trinajstić information content (AvgIpc) is 2.67. The highest BCUT2D eigenvalue weighted by Crippen LogP contribution is 2.14.